The fourth-order valence-electron chi connectivity index (χ4n) is 1.16. The Hall–Kier alpha value is -1.31. The highest BCUT2D eigenvalue weighted by molar-refractivity contribution is 5.73. The Labute approximate surface area is 83.2 Å². The molecule has 2 heteroatoms. The monoisotopic (exact) mass is 180 g/mol. The molecule has 0 fully saturated rings. The summed E-state index contributed by atoms with van der Waals surface area (Å²) in [5.74, 6) is -0.104. The molecule has 13 heavy (non-hydrogen) atoms. The van der Waals surface area contributed by atoms with Crippen LogP contribution in [0.2, 0.25) is 0 Å². The Bertz CT molecular complexity index is 370. The SMILES string of the molecule is [2H]C([2H])([2H])c1ccc(C(C)NC(C)=O)cc1. The minimum Gasteiger partial charge on any atom is -0.350 e. The molecular formula is C11H15NO. The van der Waals surface area contributed by atoms with Gasteiger partial charge >= 0.3 is 0 Å². The van der Waals surface area contributed by atoms with Crippen molar-refractivity contribution >= 4 is 5.91 Å². The molecule has 2 nitrogen and oxygen atoms in total. The number of carbonyl (C=O) groups excluding carboxylic acids is 1. The van der Waals surface area contributed by atoms with Gasteiger partial charge in [-0.2, -0.15) is 0 Å². The zero-order valence-corrected chi connectivity index (χ0v) is 7.79. The fourth-order valence-corrected chi connectivity index (χ4v) is 1.16. The van der Waals surface area contributed by atoms with E-state index in [-0.39, 0.29) is 11.9 Å². The smallest absolute Gasteiger partial charge is 0.217 e. The van der Waals surface area contributed by atoms with E-state index in [4.69, 9.17) is 4.11 Å². The summed E-state index contributed by atoms with van der Waals surface area (Å²) in [7, 11) is 0. The van der Waals surface area contributed by atoms with Gasteiger partial charge in [-0.05, 0) is 19.3 Å². The molecule has 0 heterocycles. The fraction of sp³-hybridized carbons (Fsp3) is 0.364. The minimum absolute atomic E-state index is 0.104. The van der Waals surface area contributed by atoms with Gasteiger partial charge in [0.05, 0.1) is 6.04 Å². The third-order valence-electron chi connectivity index (χ3n) is 1.83. The van der Waals surface area contributed by atoms with Crippen LogP contribution in [-0.4, -0.2) is 5.91 Å². The van der Waals surface area contributed by atoms with Crippen LogP contribution in [0, 0.1) is 6.85 Å². The number of benzene rings is 1. The van der Waals surface area contributed by atoms with Gasteiger partial charge < -0.3 is 5.32 Å². The lowest BCUT2D eigenvalue weighted by Gasteiger charge is -2.12. The molecule has 1 unspecified atom stereocenters. The largest absolute Gasteiger partial charge is 0.350 e. The molecule has 1 amide bonds. The molecule has 0 saturated heterocycles. The van der Waals surface area contributed by atoms with Crippen LogP contribution < -0.4 is 5.32 Å². The Morgan fingerprint density at radius 2 is 2.08 bits per heavy atom. The van der Waals surface area contributed by atoms with Gasteiger partial charge in [0.25, 0.3) is 0 Å². The summed E-state index contributed by atoms with van der Waals surface area (Å²) in [4.78, 5) is 10.9. The van der Waals surface area contributed by atoms with Crippen LogP contribution in [-0.2, 0) is 4.79 Å². The van der Waals surface area contributed by atoms with E-state index >= 15 is 0 Å². The van der Waals surface area contributed by atoms with Gasteiger partial charge in [-0.15, -0.1) is 0 Å². The van der Waals surface area contributed by atoms with Crippen molar-refractivity contribution in [3.63, 3.8) is 0 Å². The molecule has 0 aromatic heterocycles. The quantitative estimate of drug-likeness (QED) is 0.742. The predicted octanol–water partition coefficient (Wildman–Crippen LogP) is 2.19. The molecule has 0 radical (unpaired) electrons. The molecule has 1 aromatic rings. The summed E-state index contributed by atoms with van der Waals surface area (Å²) >= 11 is 0. The second-order valence-electron chi connectivity index (χ2n) is 3.04. The molecule has 0 aliphatic heterocycles. The maximum atomic E-state index is 10.9. The molecule has 0 aliphatic carbocycles. The summed E-state index contributed by atoms with van der Waals surface area (Å²) in [6, 6.07) is 6.48. The van der Waals surface area contributed by atoms with E-state index in [0.29, 0.717) is 5.56 Å². The number of hydrogen-bond donors (Lipinski definition) is 1. The molecule has 0 spiro atoms. The van der Waals surface area contributed by atoms with Crippen molar-refractivity contribution in [2.24, 2.45) is 0 Å². The first-order chi connectivity index (χ1) is 7.30. The van der Waals surface area contributed by atoms with E-state index in [0.717, 1.165) is 5.56 Å². The van der Waals surface area contributed by atoms with Gasteiger partial charge in [0.2, 0.25) is 5.91 Å². The first kappa shape index (κ1) is 6.19. The normalized spacial score (nSPS) is 16.6. The number of rotatable bonds is 2. The zero-order chi connectivity index (χ0) is 12.3. The first-order valence-corrected chi connectivity index (χ1v) is 4.18. The van der Waals surface area contributed by atoms with E-state index in [1.807, 2.05) is 6.92 Å². The first-order valence-electron chi connectivity index (χ1n) is 5.68. The standard InChI is InChI=1S/C11H15NO/c1-8-4-6-11(7-5-8)9(2)12-10(3)13/h4-7,9H,1-3H3,(H,12,13)/i1D3. The highest BCUT2D eigenvalue weighted by Gasteiger charge is 2.04. The molecular weight excluding hydrogens is 162 g/mol. The van der Waals surface area contributed by atoms with Crippen molar-refractivity contribution in [2.45, 2.75) is 26.7 Å². The second kappa shape index (κ2) is 4.08. The van der Waals surface area contributed by atoms with Crippen molar-refractivity contribution in [1.29, 1.82) is 0 Å². The number of amides is 1. The molecule has 0 bridgehead atoms. The predicted molar refractivity (Wildman–Crippen MR) is 53.4 cm³/mol. The third kappa shape index (κ3) is 2.90. The molecule has 1 atom stereocenters. The average molecular weight is 180 g/mol. The highest BCUT2D eigenvalue weighted by atomic mass is 16.1. The topological polar surface area (TPSA) is 29.1 Å². The van der Waals surface area contributed by atoms with Gasteiger partial charge in [-0.25, -0.2) is 0 Å². The lowest BCUT2D eigenvalue weighted by atomic mass is 10.1. The van der Waals surface area contributed by atoms with Crippen molar-refractivity contribution < 1.29 is 8.91 Å². The number of aryl methyl sites for hydroxylation is 1. The van der Waals surface area contributed by atoms with E-state index in [1.54, 1.807) is 24.3 Å². The van der Waals surface area contributed by atoms with E-state index in [2.05, 4.69) is 5.32 Å². The lowest BCUT2D eigenvalue weighted by Crippen LogP contribution is -2.23. The highest BCUT2D eigenvalue weighted by Crippen LogP contribution is 2.12. The molecule has 1 N–H and O–H groups in total. The van der Waals surface area contributed by atoms with Gasteiger partial charge in [-0.1, -0.05) is 29.8 Å². The summed E-state index contributed by atoms with van der Waals surface area (Å²) in [5.41, 5.74) is 1.20. The third-order valence-corrected chi connectivity index (χ3v) is 1.83. The summed E-state index contributed by atoms with van der Waals surface area (Å²) in [6.07, 6.45) is 0. The Morgan fingerprint density at radius 3 is 2.54 bits per heavy atom. The molecule has 70 valence electrons. The molecule has 0 aliphatic rings. The second-order valence-corrected chi connectivity index (χ2v) is 3.04. The minimum atomic E-state index is -2.07. The van der Waals surface area contributed by atoms with Crippen molar-refractivity contribution in [3.8, 4) is 0 Å². The zero-order valence-electron chi connectivity index (χ0n) is 10.8. The van der Waals surface area contributed by atoms with Gasteiger partial charge in [-0.3, -0.25) is 4.79 Å². The summed E-state index contributed by atoms with van der Waals surface area (Å²) in [6.45, 7) is 1.23. The van der Waals surface area contributed by atoms with Gasteiger partial charge in [0.15, 0.2) is 0 Å². The Balaban J connectivity index is 2.83. The lowest BCUT2D eigenvalue weighted by molar-refractivity contribution is -0.119. The van der Waals surface area contributed by atoms with Crippen molar-refractivity contribution in [2.75, 3.05) is 0 Å². The van der Waals surface area contributed by atoms with Crippen LogP contribution in [0.5, 0.6) is 0 Å². The Morgan fingerprint density at radius 1 is 1.46 bits per heavy atom. The summed E-state index contributed by atoms with van der Waals surface area (Å²) < 4.78 is 21.7. The molecule has 1 aromatic carbocycles. The van der Waals surface area contributed by atoms with E-state index in [1.165, 1.54) is 6.92 Å². The van der Waals surface area contributed by atoms with Gasteiger partial charge in [0, 0.05) is 11.0 Å². The number of nitrogens with one attached hydrogen (secondary N) is 1. The van der Waals surface area contributed by atoms with Crippen LogP contribution in [0.1, 0.15) is 35.1 Å². The maximum absolute atomic E-state index is 10.9. The molecule has 1 rings (SSSR count). The van der Waals surface area contributed by atoms with Crippen LogP contribution in [0.4, 0.5) is 0 Å². The van der Waals surface area contributed by atoms with Crippen LogP contribution in [0.3, 0.4) is 0 Å². The van der Waals surface area contributed by atoms with Crippen LogP contribution >= 0.6 is 0 Å². The van der Waals surface area contributed by atoms with E-state index in [9.17, 15) is 4.79 Å². The Kier molecular flexibility index (Phi) is 1.94. The number of hydrogen-bond acceptors (Lipinski definition) is 1. The van der Waals surface area contributed by atoms with Gasteiger partial charge in [0.1, 0.15) is 0 Å². The van der Waals surface area contributed by atoms with Crippen molar-refractivity contribution in [1.82, 2.24) is 5.32 Å². The number of carbonyl (C=O) groups is 1. The van der Waals surface area contributed by atoms with Crippen LogP contribution in [0.15, 0.2) is 24.3 Å². The summed E-state index contributed by atoms with van der Waals surface area (Å²) in [5, 5.41) is 2.74. The van der Waals surface area contributed by atoms with Crippen molar-refractivity contribution in [3.05, 3.63) is 35.4 Å². The van der Waals surface area contributed by atoms with Crippen LogP contribution in [0.25, 0.3) is 0 Å². The average Bonchev–Trinajstić information content (AvgIpc) is 2.15. The maximum Gasteiger partial charge on any atom is 0.217 e. The molecule has 0 saturated carbocycles. The van der Waals surface area contributed by atoms with E-state index < -0.39 is 6.85 Å².